The Hall–Kier alpha value is -1.68. The van der Waals surface area contributed by atoms with Gasteiger partial charge in [0.05, 0.1) is 30.8 Å². The number of likely N-dealkylation sites (tertiary alicyclic amines) is 1. The molecule has 0 unspecified atom stereocenters. The highest BCUT2D eigenvalue weighted by atomic mass is 32.2. The third-order valence-corrected chi connectivity index (χ3v) is 7.11. The number of carbonyl (C=O) groups is 1. The van der Waals surface area contributed by atoms with Crippen LogP contribution in [0.15, 0.2) is 23.1 Å². The fourth-order valence-electron chi connectivity index (χ4n) is 3.91. The third kappa shape index (κ3) is 6.16. The highest BCUT2D eigenvalue weighted by Crippen LogP contribution is 2.24. The Labute approximate surface area is 179 Å². The van der Waals surface area contributed by atoms with Gasteiger partial charge in [0.25, 0.3) is 5.91 Å². The summed E-state index contributed by atoms with van der Waals surface area (Å²) in [5.74, 6) is 0.125. The third-order valence-electron chi connectivity index (χ3n) is 5.65. The average molecular weight is 440 g/mol. The quantitative estimate of drug-likeness (QED) is 0.621. The van der Waals surface area contributed by atoms with E-state index in [0.717, 1.165) is 26.1 Å². The maximum Gasteiger partial charge on any atom is 0.257 e. The first-order valence-corrected chi connectivity index (χ1v) is 12.3. The molecule has 3 rings (SSSR count). The number of rotatable bonds is 8. The summed E-state index contributed by atoms with van der Waals surface area (Å²) in [4.78, 5) is 17.0. The molecular formula is C21H33N3O5S. The minimum absolute atomic E-state index is 0.0784. The van der Waals surface area contributed by atoms with Crippen molar-refractivity contribution in [3.8, 4) is 5.75 Å². The van der Waals surface area contributed by atoms with E-state index in [0.29, 0.717) is 38.6 Å². The number of hydrogen-bond acceptors (Lipinski definition) is 6. The van der Waals surface area contributed by atoms with Crippen LogP contribution in [-0.4, -0.2) is 83.7 Å². The van der Waals surface area contributed by atoms with Crippen LogP contribution in [0.3, 0.4) is 0 Å². The Morgan fingerprint density at radius 3 is 2.47 bits per heavy atom. The number of carbonyl (C=O) groups excluding carboxylic acids is 1. The molecule has 2 aliphatic rings. The summed E-state index contributed by atoms with van der Waals surface area (Å²) < 4.78 is 38.8. The van der Waals surface area contributed by atoms with Gasteiger partial charge >= 0.3 is 0 Å². The Morgan fingerprint density at radius 1 is 1.10 bits per heavy atom. The number of nitrogens with zero attached hydrogens (tertiary/aromatic N) is 2. The van der Waals surface area contributed by atoms with Crippen molar-refractivity contribution in [2.75, 3.05) is 59.6 Å². The average Bonchev–Trinajstić information content (AvgIpc) is 3.05. The Balaban J connectivity index is 1.62. The van der Waals surface area contributed by atoms with E-state index in [9.17, 15) is 13.2 Å². The molecule has 2 aliphatic heterocycles. The lowest BCUT2D eigenvalue weighted by Gasteiger charge is -2.27. The van der Waals surface area contributed by atoms with Crippen LogP contribution in [0.4, 0.5) is 0 Å². The number of methoxy groups -OCH3 is 1. The fourth-order valence-corrected chi connectivity index (χ4v) is 5.01. The molecule has 1 aromatic carbocycles. The van der Waals surface area contributed by atoms with Crippen LogP contribution in [0.1, 0.15) is 42.5 Å². The van der Waals surface area contributed by atoms with Crippen molar-refractivity contribution >= 4 is 15.9 Å². The second kappa shape index (κ2) is 11.1. The molecule has 9 heteroatoms. The first-order chi connectivity index (χ1) is 14.5. The van der Waals surface area contributed by atoms with Crippen LogP contribution in [0.5, 0.6) is 5.75 Å². The van der Waals surface area contributed by atoms with Crippen LogP contribution in [0.2, 0.25) is 0 Å². The van der Waals surface area contributed by atoms with Crippen molar-refractivity contribution < 1.29 is 22.7 Å². The lowest BCUT2D eigenvalue weighted by molar-refractivity contribution is 0.0300. The number of benzene rings is 1. The van der Waals surface area contributed by atoms with Gasteiger partial charge in [0, 0.05) is 19.6 Å². The molecular weight excluding hydrogens is 406 g/mol. The van der Waals surface area contributed by atoms with E-state index in [1.54, 1.807) is 11.0 Å². The van der Waals surface area contributed by atoms with Gasteiger partial charge in [0.15, 0.2) is 0 Å². The minimum Gasteiger partial charge on any atom is -0.496 e. The Kier molecular flexibility index (Phi) is 8.50. The SMILES string of the molecule is COc1ccc(S(=O)(=O)NCCCN2CCCCCC2)cc1C(=O)N1CCOCC1. The molecule has 168 valence electrons. The number of nitrogens with one attached hydrogen (secondary N) is 1. The standard InChI is InChI=1S/C21H33N3O5S/c1-28-20-8-7-18(17-19(20)21(25)24-13-15-29-16-14-24)30(26,27)22-9-6-12-23-10-4-2-3-5-11-23/h7-8,17,22H,2-6,9-16H2,1H3. The molecule has 1 amide bonds. The molecule has 2 saturated heterocycles. The molecule has 2 heterocycles. The Bertz CT molecular complexity index is 801. The fraction of sp³-hybridized carbons (Fsp3) is 0.667. The molecule has 0 bridgehead atoms. The first-order valence-electron chi connectivity index (χ1n) is 10.8. The summed E-state index contributed by atoms with van der Waals surface area (Å²) in [6.45, 7) is 5.37. The highest BCUT2D eigenvalue weighted by Gasteiger charge is 2.24. The van der Waals surface area contributed by atoms with Gasteiger partial charge < -0.3 is 19.3 Å². The molecule has 0 spiro atoms. The lowest BCUT2D eigenvalue weighted by Crippen LogP contribution is -2.40. The summed E-state index contributed by atoms with van der Waals surface area (Å²) >= 11 is 0. The van der Waals surface area contributed by atoms with Gasteiger partial charge in [-0.3, -0.25) is 4.79 Å². The molecule has 0 aliphatic carbocycles. The number of hydrogen-bond donors (Lipinski definition) is 1. The zero-order chi connectivity index (χ0) is 21.4. The van der Waals surface area contributed by atoms with Gasteiger partial charge in [-0.1, -0.05) is 12.8 Å². The lowest BCUT2D eigenvalue weighted by atomic mass is 10.1. The summed E-state index contributed by atoms with van der Waals surface area (Å²) in [5.41, 5.74) is 0.256. The summed E-state index contributed by atoms with van der Waals surface area (Å²) in [5, 5.41) is 0. The smallest absolute Gasteiger partial charge is 0.257 e. The van der Waals surface area contributed by atoms with E-state index in [1.807, 2.05) is 0 Å². The van der Waals surface area contributed by atoms with Crippen LogP contribution in [0, 0.1) is 0 Å². The van der Waals surface area contributed by atoms with Crippen LogP contribution < -0.4 is 9.46 Å². The number of sulfonamides is 1. The monoisotopic (exact) mass is 439 g/mol. The topological polar surface area (TPSA) is 88.2 Å². The largest absolute Gasteiger partial charge is 0.496 e. The summed E-state index contributed by atoms with van der Waals surface area (Å²) in [6.07, 6.45) is 5.77. The highest BCUT2D eigenvalue weighted by molar-refractivity contribution is 7.89. The van der Waals surface area contributed by atoms with Crippen molar-refractivity contribution in [2.45, 2.75) is 37.0 Å². The van der Waals surface area contributed by atoms with Crippen molar-refractivity contribution in [1.29, 1.82) is 0 Å². The van der Waals surface area contributed by atoms with Gasteiger partial charge in [0.2, 0.25) is 10.0 Å². The molecule has 2 fully saturated rings. The van der Waals surface area contributed by atoms with Gasteiger partial charge in [-0.2, -0.15) is 0 Å². The van der Waals surface area contributed by atoms with Crippen LogP contribution in [-0.2, 0) is 14.8 Å². The second-order valence-electron chi connectivity index (χ2n) is 7.77. The molecule has 0 radical (unpaired) electrons. The summed E-state index contributed by atoms with van der Waals surface area (Å²) in [7, 11) is -2.23. The van der Waals surface area contributed by atoms with Gasteiger partial charge in [-0.15, -0.1) is 0 Å². The number of ether oxygens (including phenoxy) is 2. The van der Waals surface area contributed by atoms with Crippen molar-refractivity contribution in [2.24, 2.45) is 0 Å². The predicted molar refractivity (Wildman–Crippen MR) is 114 cm³/mol. The van der Waals surface area contributed by atoms with Crippen LogP contribution >= 0.6 is 0 Å². The molecule has 30 heavy (non-hydrogen) atoms. The van der Waals surface area contributed by atoms with E-state index in [1.165, 1.54) is 44.9 Å². The van der Waals surface area contributed by atoms with E-state index in [4.69, 9.17) is 9.47 Å². The molecule has 1 aromatic rings. The van der Waals surface area contributed by atoms with Crippen molar-refractivity contribution in [3.63, 3.8) is 0 Å². The zero-order valence-corrected chi connectivity index (χ0v) is 18.6. The van der Waals surface area contributed by atoms with Crippen LogP contribution in [0.25, 0.3) is 0 Å². The van der Waals surface area contributed by atoms with E-state index in [-0.39, 0.29) is 16.4 Å². The first kappa shape index (κ1) is 23.0. The normalized spacial score (nSPS) is 18.8. The van der Waals surface area contributed by atoms with Crippen molar-refractivity contribution in [1.82, 2.24) is 14.5 Å². The van der Waals surface area contributed by atoms with E-state index >= 15 is 0 Å². The summed E-state index contributed by atoms with van der Waals surface area (Å²) in [6, 6.07) is 4.43. The molecule has 0 saturated carbocycles. The Morgan fingerprint density at radius 2 is 1.80 bits per heavy atom. The molecule has 0 atom stereocenters. The molecule has 8 nitrogen and oxygen atoms in total. The maximum absolute atomic E-state index is 12.9. The zero-order valence-electron chi connectivity index (χ0n) is 17.8. The number of amides is 1. The molecule has 1 N–H and O–H groups in total. The van der Waals surface area contributed by atoms with E-state index in [2.05, 4.69) is 9.62 Å². The maximum atomic E-state index is 12.9. The van der Waals surface area contributed by atoms with E-state index < -0.39 is 10.0 Å². The minimum atomic E-state index is -3.70. The predicted octanol–water partition coefficient (Wildman–Crippen LogP) is 1.71. The van der Waals surface area contributed by atoms with Gasteiger partial charge in [0.1, 0.15) is 5.75 Å². The van der Waals surface area contributed by atoms with Gasteiger partial charge in [-0.05, 0) is 57.1 Å². The van der Waals surface area contributed by atoms with Crippen molar-refractivity contribution in [3.05, 3.63) is 23.8 Å². The number of morpholine rings is 1. The molecule has 0 aromatic heterocycles. The van der Waals surface area contributed by atoms with Gasteiger partial charge in [-0.25, -0.2) is 13.1 Å². The second-order valence-corrected chi connectivity index (χ2v) is 9.54.